The number of halogens is 3. The second-order valence-corrected chi connectivity index (χ2v) is 5.74. The van der Waals surface area contributed by atoms with E-state index in [1.54, 1.807) is 0 Å². The highest BCUT2D eigenvalue weighted by atomic mass is 79.9. The van der Waals surface area contributed by atoms with E-state index in [-0.39, 0.29) is 11.2 Å². The largest absolute Gasteiger partial charge is 0.311 e. The number of nitrogens with one attached hydrogen (secondary N) is 1. The molecule has 0 radical (unpaired) electrons. The van der Waals surface area contributed by atoms with Gasteiger partial charge in [0.15, 0.2) is 0 Å². The zero-order valence-corrected chi connectivity index (χ0v) is 11.2. The third-order valence-corrected chi connectivity index (χ3v) is 3.69. The van der Waals surface area contributed by atoms with Gasteiger partial charge in [0.25, 0.3) is 0 Å². The molecule has 16 heavy (non-hydrogen) atoms. The molecule has 0 spiro atoms. The summed E-state index contributed by atoms with van der Waals surface area (Å²) in [6.07, 6.45) is 2.50. The van der Waals surface area contributed by atoms with Gasteiger partial charge in [0.05, 0.1) is 0 Å². The zero-order chi connectivity index (χ0) is 11.5. The third-order valence-electron chi connectivity index (χ3n) is 2.72. The van der Waals surface area contributed by atoms with Crippen LogP contribution < -0.4 is 5.32 Å². The molecule has 1 fully saturated rings. The smallest absolute Gasteiger partial charge is 0.124 e. The first kappa shape index (κ1) is 12.3. The van der Waals surface area contributed by atoms with E-state index in [0.717, 1.165) is 16.6 Å². The summed E-state index contributed by atoms with van der Waals surface area (Å²) in [6.45, 7) is 1.45. The van der Waals surface area contributed by atoms with Crippen molar-refractivity contribution in [3.05, 3.63) is 34.1 Å². The molecule has 1 atom stereocenters. The quantitative estimate of drug-likeness (QED) is 0.818. The summed E-state index contributed by atoms with van der Waals surface area (Å²) in [4.78, 5) is 0. The molecule has 1 aliphatic rings. The molecular formula is C12H14BrClFN. The van der Waals surface area contributed by atoms with Crippen LogP contribution in [-0.2, 0) is 6.54 Å². The predicted molar refractivity (Wildman–Crippen MR) is 68.2 cm³/mol. The highest BCUT2D eigenvalue weighted by Crippen LogP contribution is 2.35. The van der Waals surface area contributed by atoms with Gasteiger partial charge in [-0.05, 0) is 42.5 Å². The van der Waals surface area contributed by atoms with Gasteiger partial charge >= 0.3 is 0 Å². The minimum Gasteiger partial charge on any atom is -0.311 e. The number of rotatable bonds is 5. The zero-order valence-electron chi connectivity index (χ0n) is 8.85. The van der Waals surface area contributed by atoms with Crippen LogP contribution in [0.3, 0.4) is 0 Å². The van der Waals surface area contributed by atoms with Gasteiger partial charge in [-0.2, -0.15) is 0 Å². The Morgan fingerprint density at radius 1 is 1.44 bits per heavy atom. The molecule has 0 aromatic heterocycles. The molecule has 0 saturated heterocycles. The minimum atomic E-state index is -0.212. The molecule has 1 saturated carbocycles. The van der Waals surface area contributed by atoms with Crippen LogP contribution in [0.4, 0.5) is 4.39 Å². The highest BCUT2D eigenvalue weighted by Gasteiger charge is 2.29. The van der Waals surface area contributed by atoms with E-state index in [1.165, 1.54) is 25.0 Å². The van der Waals surface area contributed by atoms with Gasteiger partial charge in [-0.15, -0.1) is 11.6 Å². The van der Waals surface area contributed by atoms with Crippen molar-refractivity contribution in [1.29, 1.82) is 0 Å². The fraction of sp³-hybridized carbons (Fsp3) is 0.500. The summed E-state index contributed by atoms with van der Waals surface area (Å²) in [6, 6.07) is 4.91. The molecule has 88 valence electrons. The Hall–Kier alpha value is -0.120. The summed E-state index contributed by atoms with van der Waals surface area (Å²) in [5.74, 6) is 0.476. The Kier molecular flexibility index (Phi) is 4.22. The van der Waals surface area contributed by atoms with Gasteiger partial charge in [-0.1, -0.05) is 15.9 Å². The lowest BCUT2D eigenvalue weighted by atomic mass is 10.2. The van der Waals surface area contributed by atoms with E-state index in [4.69, 9.17) is 11.6 Å². The predicted octanol–water partition coefficient (Wildman–Crippen LogP) is 3.70. The summed E-state index contributed by atoms with van der Waals surface area (Å²) < 4.78 is 13.8. The second kappa shape index (κ2) is 5.48. The van der Waals surface area contributed by atoms with Crippen molar-refractivity contribution in [2.24, 2.45) is 5.92 Å². The summed E-state index contributed by atoms with van der Waals surface area (Å²) in [5, 5.41) is 3.48. The van der Waals surface area contributed by atoms with Crippen LogP contribution >= 0.6 is 27.5 Å². The van der Waals surface area contributed by atoms with Crippen LogP contribution in [0, 0.1) is 11.7 Å². The van der Waals surface area contributed by atoms with Crippen LogP contribution in [-0.4, -0.2) is 11.9 Å². The molecule has 2 rings (SSSR count). The van der Waals surface area contributed by atoms with Gasteiger partial charge in [0.1, 0.15) is 5.82 Å². The van der Waals surface area contributed by atoms with Crippen molar-refractivity contribution in [1.82, 2.24) is 5.32 Å². The average Bonchev–Trinajstić information content (AvgIpc) is 2.98. The molecule has 0 amide bonds. The molecule has 1 unspecified atom stereocenters. The summed E-state index contributed by atoms with van der Waals surface area (Å²) in [5.41, 5.74) is 0.937. The third kappa shape index (κ3) is 3.72. The number of hydrogen-bond donors (Lipinski definition) is 1. The van der Waals surface area contributed by atoms with Crippen molar-refractivity contribution >= 4 is 27.5 Å². The second-order valence-electron chi connectivity index (χ2n) is 4.26. The molecule has 4 heteroatoms. The number of benzene rings is 1. The Morgan fingerprint density at radius 3 is 2.81 bits per heavy atom. The first-order valence-electron chi connectivity index (χ1n) is 5.45. The summed E-state index contributed by atoms with van der Waals surface area (Å²) >= 11 is 9.43. The molecule has 0 aliphatic heterocycles. The van der Waals surface area contributed by atoms with Crippen LogP contribution in [0.15, 0.2) is 22.7 Å². The first-order valence-corrected chi connectivity index (χ1v) is 6.68. The average molecular weight is 307 g/mol. The molecule has 1 aromatic carbocycles. The monoisotopic (exact) mass is 305 g/mol. The maximum atomic E-state index is 13.1. The van der Waals surface area contributed by atoms with E-state index < -0.39 is 0 Å². The Bertz CT molecular complexity index is 348. The normalized spacial score (nSPS) is 17.4. The lowest BCUT2D eigenvalue weighted by molar-refractivity contribution is 0.605. The number of hydrogen-bond acceptors (Lipinski definition) is 1. The van der Waals surface area contributed by atoms with Crippen LogP contribution in [0.5, 0.6) is 0 Å². The topological polar surface area (TPSA) is 12.0 Å². The first-order chi connectivity index (χ1) is 7.65. The molecular weight excluding hydrogens is 292 g/mol. The van der Waals surface area contributed by atoms with Crippen LogP contribution in [0.25, 0.3) is 0 Å². The fourth-order valence-electron chi connectivity index (χ4n) is 1.69. The van der Waals surface area contributed by atoms with Gasteiger partial charge < -0.3 is 5.32 Å². The van der Waals surface area contributed by atoms with E-state index in [1.807, 2.05) is 6.07 Å². The Balaban J connectivity index is 1.79. The Labute approximate surface area is 109 Å². The molecule has 0 heterocycles. The minimum absolute atomic E-state index is 0.212. The molecule has 1 aromatic rings. The maximum absolute atomic E-state index is 13.1. The van der Waals surface area contributed by atoms with E-state index in [0.29, 0.717) is 12.5 Å². The number of alkyl halides is 1. The van der Waals surface area contributed by atoms with Crippen LogP contribution in [0.1, 0.15) is 18.4 Å². The Morgan fingerprint density at radius 2 is 2.19 bits per heavy atom. The van der Waals surface area contributed by atoms with Crippen molar-refractivity contribution in [2.75, 3.05) is 6.54 Å². The van der Waals surface area contributed by atoms with Crippen molar-refractivity contribution in [2.45, 2.75) is 24.8 Å². The van der Waals surface area contributed by atoms with E-state index in [2.05, 4.69) is 21.2 Å². The molecule has 1 nitrogen and oxygen atoms in total. The lowest BCUT2D eigenvalue weighted by Gasteiger charge is -2.09. The standard InChI is InChI=1S/C12H14BrClFN/c13-10-3-8(4-11(15)5-10)6-16-7-12(14)9-1-2-9/h3-5,9,12,16H,1-2,6-7H2. The fourth-order valence-corrected chi connectivity index (χ4v) is 2.57. The van der Waals surface area contributed by atoms with Crippen molar-refractivity contribution < 1.29 is 4.39 Å². The van der Waals surface area contributed by atoms with E-state index in [9.17, 15) is 4.39 Å². The van der Waals surface area contributed by atoms with Crippen molar-refractivity contribution in [3.63, 3.8) is 0 Å². The van der Waals surface area contributed by atoms with Crippen molar-refractivity contribution in [3.8, 4) is 0 Å². The molecule has 1 N–H and O–H groups in total. The van der Waals surface area contributed by atoms with Gasteiger partial charge in [-0.3, -0.25) is 0 Å². The van der Waals surface area contributed by atoms with Crippen LogP contribution in [0.2, 0.25) is 0 Å². The molecule has 0 bridgehead atoms. The molecule has 1 aliphatic carbocycles. The maximum Gasteiger partial charge on any atom is 0.124 e. The van der Waals surface area contributed by atoms with Gasteiger partial charge in [-0.25, -0.2) is 4.39 Å². The SMILES string of the molecule is Fc1cc(Br)cc(CNCC(Cl)C2CC2)c1. The van der Waals surface area contributed by atoms with E-state index >= 15 is 0 Å². The van der Waals surface area contributed by atoms with Gasteiger partial charge in [0, 0.05) is 22.9 Å². The lowest BCUT2D eigenvalue weighted by Crippen LogP contribution is -2.24. The summed E-state index contributed by atoms with van der Waals surface area (Å²) in [7, 11) is 0. The van der Waals surface area contributed by atoms with Gasteiger partial charge in [0.2, 0.25) is 0 Å². The highest BCUT2D eigenvalue weighted by molar-refractivity contribution is 9.10.